The number of H-pyrrole nitrogens is 1. The summed E-state index contributed by atoms with van der Waals surface area (Å²) >= 11 is 3.13. The molecule has 270 valence electrons. The molecule has 0 bridgehead atoms. The zero-order chi connectivity index (χ0) is 34.3. The van der Waals surface area contributed by atoms with Crippen LogP contribution in [-0.4, -0.2) is 48.9 Å². The second-order valence-electron chi connectivity index (χ2n) is 11.9. The summed E-state index contributed by atoms with van der Waals surface area (Å²) in [5.74, 6) is 0.327. The number of hydrogen-bond donors (Lipinski definition) is 1. The highest BCUT2D eigenvalue weighted by molar-refractivity contribution is 9.11. The SMILES string of the molecule is CCCCCCCCCCCCCCCCOCCCOP(=O)(OC[C@H]1OC[C@@H](n2cc(/C=C/Br)c(=O)[nH]c2=O)O1)Oc1ccccc1. The molecule has 0 amide bonds. The van der Waals surface area contributed by atoms with E-state index in [1.54, 1.807) is 24.3 Å². The number of nitrogens with one attached hydrogen (secondary N) is 1. The summed E-state index contributed by atoms with van der Waals surface area (Å²) in [5, 5.41) is 0. The van der Waals surface area contributed by atoms with Crippen LogP contribution in [0.1, 0.15) is 115 Å². The van der Waals surface area contributed by atoms with Gasteiger partial charge in [-0.2, -0.15) is 0 Å². The lowest BCUT2D eigenvalue weighted by molar-refractivity contribution is -0.0981. The minimum absolute atomic E-state index is 0.0127. The van der Waals surface area contributed by atoms with E-state index in [4.69, 9.17) is 27.8 Å². The summed E-state index contributed by atoms with van der Waals surface area (Å²) in [6.07, 6.45) is 20.1. The second-order valence-corrected chi connectivity index (χ2v) is 14.1. The molecule has 48 heavy (non-hydrogen) atoms. The topological polar surface area (TPSA) is 127 Å². The van der Waals surface area contributed by atoms with Gasteiger partial charge < -0.3 is 18.7 Å². The van der Waals surface area contributed by atoms with Crippen molar-refractivity contribution in [1.29, 1.82) is 0 Å². The number of halogens is 1. The van der Waals surface area contributed by atoms with E-state index in [-0.39, 0.29) is 25.4 Å². The van der Waals surface area contributed by atoms with Gasteiger partial charge in [0.1, 0.15) is 12.4 Å². The van der Waals surface area contributed by atoms with Crippen LogP contribution in [0.4, 0.5) is 0 Å². The van der Waals surface area contributed by atoms with Gasteiger partial charge in [0.15, 0.2) is 12.5 Å². The Hall–Kier alpha value is -2.05. The molecule has 13 heteroatoms. The molecule has 1 aromatic carbocycles. The van der Waals surface area contributed by atoms with Crippen LogP contribution in [0.5, 0.6) is 5.75 Å². The maximum atomic E-state index is 13.6. The molecular formula is C35H54BrN2O9P. The largest absolute Gasteiger partial charge is 0.530 e. The Labute approximate surface area is 293 Å². The van der Waals surface area contributed by atoms with Crippen molar-refractivity contribution in [2.24, 2.45) is 0 Å². The third-order valence-corrected chi connectivity index (χ3v) is 9.60. The standard InChI is InChI=1S/C35H54BrN2O9P/c1-2-3-4-5-6-7-8-9-10-11-12-13-14-18-24-42-25-19-26-44-48(41,47-31-20-16-15-17-21-31)45-29-33-43-28-32(46-33)38-27-30(22-23-36)34(39)37-35(38)40/h15-17,20-23,27,32-33H,2-14,18-19,24-26,28-29H2,1H3,(H,37,39,40)/b23-22+/t32-,33-,48?/m0/s1. The highest BCUT2D eigenvalue weighted by Crippen LogP contribution is 2.50. The first-order chi connectivity index (χ1) is 23.4. The van der Waals surface area contributed by atoms with E-state index >= 15 is 0 Å². The van der Waals surface area contributed by atoms with Crippen LogP contribution in [0.3, 0.4) is 0 Å². The van der Waals surface area contributed by atoms with Gasteiger partial charge in [-0.3, -0.25) is 23.4 Å². The number of ether oxygens (including phenoxy) is 3. The maximum Gasteiger partial charge on any atom is 0.530 e. The Morgan fingerprint density at radius 2 is 1.50 bits per heavy atom. The van der Waals surface area contributed by atoms with Crippen molar-refractivity contribution >= 4 is 29.8 Å². The predicted molar refractivity (Wildman–Crippen MR) is 191 cm³/mol. The summed E-state index contributed by atoms with van der Waals surface area (Å²) in [5.41, 5.74) is -0.913. The molecule has 0 radical (unpaired) electrons. The number of aromatic nitrogens is 2. The van der Waals surface area contributed by atoms with Gasteiger partial charge in [-0.05, 0) is 36.0 Å². The van der Waals surface area contributed by atoms with Crippen LogP contribution in [0.15, 0.2) is 51.1 Å². The quantitative estimate of drug-likeness (QED) is 0.0702. The van der Waals surface area contributed by atoms with Crippen molar-refractivity contribution < 1.29 is 32.3 Å². The van der Waals surface area contributed by atoms with E-state index in [1.807, 2.05) is 6.07 Å². The summed E-state index contributed by atoms with van der Waals surface area (Å²) < 4.78 is 48.8. The average Bonchev–Trinajstić information content (AvgIpc) is 3.55. The van der Waals surface area contributed by atoms with E-state index in [1.165, 1.54) is 105 Å². The zero-order valence-electron chi connectivity index (χ0n) is 28.4. The Bertz CT molecular complexity index is 1340. The van der Waals surface area contributed by atoms with Crippen molar-refractivity contribution in [3.8, 4) is 5.75 Å². The molecule has 1 aliphatic rings. The van der Waals surface area contributed by atoms with Crippen molar-refractivity contribution in [2.75, 3.05) is 33.0 Å². The fourth-order valence-corrected chi connectivity index (χ4v) is 6.77. The van der Waals surface area contributed by atoms with E-state index in [9.17, 15) is 14.2 Å². The number of unbranched alkanes of at least 4 members (excludes halogenated alkanes) is 13. The monoisotopic (exact) mass is 756 g/mol. The third kappa shape index (κ3) is 16.1. The number of para-hydroxylation sites is 1. The maximum absolute atomic E-state index is 13.6. The van der Waals surface area contributed by atoms with Crippen LogP contribution in [0.25, 0.3) is 6.08 Å². The molecule has 11 nitrogen and oxygen atoms in total. The molecule has 0 spiro atoms. The summed E-state index contributed by atoms with van der Waals surface area (Å²) in [6.45, 7) is 3.27. The van der Waals surface area contributed by atoms with Gasteiger partial charge in [-0.15, -0.1) is 0 Å². The number of nitrogens with zero attached hydrogens (tertiary/aromatic N) is 1. The highest BCUT2D eigenvalue weighted by Gasteiger charge is 2.34. The molecule has 1 N–H and O–H groups in total. The first kappa shape index (κ1) is 40.4. The molecular weight excluding hydrogens is 703 g/mol. The molecule has 1 aromatic heterocycles. The van der Waals surface area contributed by atoms with Crippen molar-refractivity contribution in [3.63, 3.8) is 0 Å². The molecule has 0 aliphatic carbocycles. The van der Waals surface area contributed by atoms with Gasteiger partial charge in [-0.25, -0.2) is 9.36 Å². The molecule has 3 atom stereocenters. The molecule has 0 saturated carbocycles. The lowest BCUT2D eigenvalue weighted by Crippen LogP contribution is -2.34. The van der Waals surface area contributed by atoms with Crippen molar-refractivity contribution in [2.45, 2.75) is 116 Å². The van der Waals surface area contributed by atoms with Gasteiger partial charge >= 0.3 is 13.5 Å². The molecule has 1 aliphatic heterocycles. The Balaban J connectivity index is 1.30. The van der Waals surface area contributed by atoms with E-state index in [0.717, 1.165) is 6.42 Å². The molecule has 3 rings (SSSR count). The molecule has 1 saturated heterocycles. The smallest absolute Gasteiger partial charge is 0.404 e. The lowest BCUT2D eigenvalue weighted by Gasteiger charge is -2.20. The summed E-state index contributed by atoms with van der Waals surface area (Å²) in [7, 11) is -4.06. The van der Waals surface area contributed by atoms with Crippen molar-refractivity contribution in [3.05, 3.63) is 67.9 Å². The zero-order valence-corrected chi connectivity index (χ0v) is 30.8. The minimum Gasteiger partial charge on any atom is -0.404 e. The number of hydrogen-bond acceptors (Lipinski definition) is 9. The van der Waals surface area contributed by atoms with Crippen LogP contribution in [0, 0.1) is 0 Å². The molecule has 2 aromatic rings. The van der Waals surface area contributed by atoms with E-state index in [2.05, 4.69) is 27.8 Å². The fourth-order valence-electron chi connectivity index (χ4n) is 5.27. The fraction of sp³-hybridized carbons (Fsp3) is 0.657. The Morgan fingerprint density at radius 1 is 0.875 bits per heavy atom. The van der Waals surface area contributed by atoms with Crippen LogP contribution < -0.4 is 15.8 Å². The van der Waals surface area contributed by atoms with Crippen molar-refractivity contribution in [1.82, 2.24) is 9.55 Å². The first-order valence-corrected chi connectivity index (χ1v) is 19.9. The Morgan fingerprint density at radius 3 is 2.15 bits per heavy atom. The number of phosphoric ester groups is 1. The van der Waals surface area contributed by atoms with Gasteiger partial charge in [0, 0.05) is 19.4 Å². The van der Waals surface area contributed by atoms with E-state index < -0.39 is 31.6 Å². The van der Waals surface area contributed by atoms with Gasteiger partial charge in [0.25, 0.3) is 5.56 Å². The molecule has 1 unspecified atom stereocenters. The summed E-state index contributed by atoms with van der Waals surface area (Å²) in [4.78, 5) is 28.1. The summed E-state index contributed by atoms with van der Waals surface area (Å²) in [6, 6.07) is 8.62. The minimum atomic E-state index is -4.06. The molecule has 1 fully saturated rings. The van der Waals surface area contributed by atoms with Gasteiger partial charge in [-0.1, -0.05) is 125 Å². The molecule has 2 heterocycles. The normalized spacial score (nSPS) is 17.6. The third-order valence-electron chi connectivity index (χ3n) is 7.94. The highest BCUT2D eigenvalue weighted by atomic mass is 79.9. The number of phosphoric acid groups is 1. The second kappa shape index (κ2) is 24.2. The lowest BCUT2D eigenvalue weighted by atomic mass is 10.0. The van der Waals surface area contributed by atoms with E-state index in [0.29, 0.717) is 25.4 Å². The van der Waals surface area contributed by atoms with Gasteiger partial charge in [0.2, 0.25) is 0 Å². The first-order valence-electron chi connectivity index (χ1n) is 17.5. The van der Waals surface area contributed by atoms with Gasteiger partial charge in [0.05, 0.1) is 18.8 Å². The van der Waals surface area contributed by atoms with Crippen LogP contribution in [-0.2, 0) is 27.8 Å². The predicted octanol–water partition coefficient (Wildman–Crippen LogP) is 8.88. The Kier molecular flexibility index (Phi) is 20.3. The van der Waals surface area contributed by atoms with Crippen LogP contribution in [0.2, 0.25) is 0 Å². The van der Waals surface area contributed by atoms with Crippen LogP contribution >= 0.6 is 23.8 Å². The average molecular weight is 758 g/mol. The number of rotatable bonds is 27. The number of aromatic amines is 1. The number of benzene rings is 1.